The molecule has 0 aliphatic carbocycles. The van der Waals surface area contributed by atoms with Gasteiger partial charge in [0.15, 0.2) is 0 Å². The van der Waals surface area contributed by atoms with Gasteiger partial charge in [-0.25, -0.2) is 0 Å². The zero-order valence-corrected chi connectivity index (χ0v) is 9.45. The van der Waals surface area contributed by atoms with E-state index < -0.39 is 0 Å². The molecule has 0 aromatic carbocycles. The zero-order chi connectivity index (χ0) is 10.8. The second kappa shape index (κ2) is 4.49. The Morgan fingerprint density at radius 3 is 3.00 bits per heavy atom. The Balaban J connectivity index is 1.86. The standard InChI is InChI=1S/C12H18N4/c1-3-14-9-11-10(1)2-4-15-12(11)16-7-5-13-6-8-16/h1,3,9,12-13,15H,2,4-8H2. The summed E-state index contributed by atoms with van der Waals surface area (Å²) in [5.41, 5.74) is 2.83. The van der Waals surface area contributed by atoms with E-state index in [9.17, 15) is 0 Å². The molecular formula is C12H18N4. The van der Waals surface area contributed by atoms with Gasteiger partial charge >= 0.3 is 0 Å². The fraction of sp³-hybridized carbons (Fsp3) is 0.583. The molecule has 2 N–H and O–H groups in total. The van der Waals surface area contributed by atoms with Crippen LogP contribution in [-0.2, 0) is 6.42 Å². The van der Waals surface area contributed by atoms with Crippen molar-refractivity contribution in [1.29, 1.82) is 0 Å². The molecule has 1 aromatic rings. The van der Waals surface area contributed by atoms with Crippen LogP contribution in [0.15, 0.2) is 18.5 Å². The highest BCUT2D eigenvalue weighted by Gasteiger charge is 2.26. The first kappa shape index (κ1) is 10.2. The van der Waals surface area contributed by atoms with Crippen LogP contribution in [0.1, 0.15) is 17.3 Å². The van der Waals surface area contributed by atoms with Crippen molar-refractivity contribution >= 4 is 0 Å². The van der Waals surface area contributed by atoms with Crippen LogP contribution in [0.4, 0.5) is 0 Å². The monoisotopic (exact) mass is 218 g/mol. The van der Waals surface area contributed by atoms with Gasteiger partial charge in [0, 0.05) is 50.7 Å². The lowest BCUT2D eigenvalue weighted by Gasteiger charge is -2.38. The molecule has 1 fully saturated rings. The van der Waals surface area contributed by atoms with Gasteiger partial charge in [0.2, 0.25) is 0 Å². The second-order valence-electron chi connectivity index (χ2n) is 4.47. The van der Waals surface area contributed by atoms with Gasteiger partial charge in [-0.2, -0.15) is 0 Å². The van der Waals surface area contributed by atoms with Crippen LogP contribution in [-0.4, -0.2) is 42.6 Å². The Morgan fingerprint density at radius 2 is 2.12 bits per heavy atom. The van der Waals surface area contributed by atoms with E-state index in [-0.39, 0.29) is 0 Å². The summed E-state index contributed by atoms with van der Waals surface area (Å²) in [6, 6.07) is 2.16. The molecule has 0 amide bonds. The van der Waals surface area contributed by atoms with Crippen LogP contribution in [0.25, 0.3) is 0 Å². The molecule has 0 bridgehead atoms. The highest BCUT2D eigenvalue weighted by atomic mass is 15.3. The maximum absolute atomic E-state index is 4.26. The minimum absolute atomic E-state index is 0.375. The third-order valence-corrected chi connectivity index (χ3v) is 3.49. The van der Waals surface area contributed by atoms with Crippen LogP contribution in [0.2, 0.25) is 0 Å². The molecule has 3 heterocycles. The predicted molar refractivity (Wildman–Crippen MR) is 63.1 cm³/mol. The smallest absolute Gasteiger partial charge is 0.0879 e. The molecule has 1 atom stereocenters. The first-order valence-corrected chi connectivity index (χ1v) is 6.06. The fourth-order valence-corrected chi connectivity index (χ4v) is 2.63. The largest absolute Gasteiger partial charge is 0.314 e. The van der Waals surface area contributed by atoms with E-state index in [1.807, 2.05) is 12.4 Å². The van der Waals surface area contributed by atoms with Crippen molar-refractivity contribution in [3.8, 4) is 0 Å². The van der Waals surface area contributed by atoms with Gasteiger partial charge in [0.25, 0.3) is 0 Å². The fourth-order valence-electron chi connectivity index (χ4n) is 2.63. The molecule has 1 saturated heterocycles. The molecular weight excluding hydrogens is 200 g/mol. The van der Waals surface area contributed by atoms with Crippen LogP contribution < -0.4 is 10.6 Å². The molecule has 2 aliphatic rings. The lowest BCUT2D eigenvalue weighted by Crippen LogP contribution is -2.50. The molecule has 86 valence electrons. The van der Waals surface area contributed by atoms with Gasteiger partial charge in [-0.15, -0.1) is 0 Å². The van der Waals surface area contributed by atoms with Gasteiger partial charge in [-0.05, 0) is 18.1 Å². The molecule has 1 unspecified atom stereocenters. The molecule has 3 rings (SSSR count). The molecule has 16 heavy (non-hydrogen) atoms. The predicted octanol–water partition coefficient (Wildman–Crippen LogP) is 0.131. The Hall–Kier alpha value is -0.970. The lowest BCUT2D eigenvalue weighted by molar-refractivity contribution is 0.140. The highest BCUT2D eigenvalue weighted by Crippen LogP contribution is 2.24. The van der Waals surface area contributed by atoms with Crippen LogP contribution in [0.3, 0.4) is 0 Å². The number of hydrogen-bond acceptors (Lipinski definition) is 4. The van der Waals surface area contributed by atoms with Crippen molar-refractivity contribution in [2.45, 2.75) is 12.6 Å². The third kappa shape index (κ3) is 1.84. The summed E-state index contributed by atoms with van der Waals surface area (Å²) in [7, 11) is 0. The molecule has 0 spiro atoms. The summed E-state index contributed by atoms with van der Waals surface area (Å²) in [6.07, 6.45) is 5.42. The van der Waals surface area contributed by atoms with Crippen molar-refractivity contribution in [3.63, 3.8) is 0 Å². The second-order valence-corrected chi connectivity index (χ2v) is 4.47. The number of fused-ring (bicyclic) bond motifs is 1. The summed E-state index contributed by atoms with van der Waals surface area (Å²) in [6.45, 7) is 5.49. The number of piperazine rings is 1. The maximum Gasteiger partial charge on any atom is 0.0879 e. The van der Waals surface area contributed by atoms with E-state index in [0.29, 0.717) is 6.17 Å². The summed E-state index contributed by atoms with van der Waals surface area (Å²) in [5.74, 6) is 0. The van der Waals surface area contributed by atoms with Crippen LogP contribution in [0, 0.1) is 0 Å². The molecule has 4 heteroatoms. The molecule has 4 nitrogen and oxygen atoms in total. The first-order valence-electron chi connectivity index (χ1n) is 6.06. The summed E-state index contributed by atoms with van der Waals surface area (Å²) in [5, 5.41) is 7.00. The molecule has 1 aromatic heterocycles. The number of hydrogen-bond donors (Lipinski definition) is 2. The SMILES string of the molecule is c1cc2c(cn1)C(N1CCNCC1)NCC2. The van der Waals surface area contributed by atoms with Crippen molar-refractivity contribution in [1.82, 2.24) is 20.5 Å². The Bertz CT molecular complexity index is 360. The van der Waals surface area contributed by atoms with Gasteiger partial charge in [0.05, 0.1) is 6.17 Å². The van der Waals surface area contributed by atoms with Gasteiger partial charge in [0.1, 0.15) is 0 Å². The lowest BCUT2D eigenvalue weighted by atomic mass is 10.00. The number of rotatable bonds is 1. The van der Waals surface area contributed by atoms with E-state index in [1.54, 1.807) is 0 Å². The van der Waals surface area contributed by atoms with Crippen LogP contribution >= 0.6 is 0 Å². The van der Waals surface area contributed by atoms with Crippen molar-refractivity contribution in [3.05, 3.63) is 29.6 Å². The third-order valence-electron chi connectivity index (χ3n) is 3.49. The zero-order valence-electron chi connectivity index (χ0n) is 9.45. The van der Waals surface area contributed by atoms with Gasteiger partial charge in [-0.3, -0.25) is 15.2 Å². The maximum atomic E-state index is 4.26. The number of nitrogens with one attached hydrogen (secondary N) is 2. The minimum Gasteiger partial charge on any atom is -0.314 e. The summed E-state index contributed by atoms with van der Waals surface area (Å²) in [4.78, 5) is 6.77. The Kier molecular flexibility index (Phi) is 2.86. The van der Waals surface area contributed by atoms with Crippen molar-refractivity contribution in [2.75, 3.05) is 32.7 Å². The van der Waals surface area contributed by atoms with E-state index >= 15 is 0 Å². The normalized spacial score (nSPS) is 26.4. The minimum atomic E-state index is 0.375. The van der Waals surface area contributed by atoms with E-state index in [4.69, 9.17) is 0 Å². The first-order chi connectivity index (χ1) is 7.95. The summed E-state index contributed by atoms with van der Waals surface area (Å²) >= 11 is 0. The van der Waals surface area contributed by atoms with Crippen LogP contribution in [0.5, 0.6) is 0 Å². The number of nitrogens with zero attached hydrogens (tertiary/aromatic N) is 2. The highest BCUT2D eigenvalue weighted by molar-refractivity contribution is 5.29. The molecule has 0 radical (unpaired) electrons. The molecule has 0 saturated carbocycles. The van der Waals surface area contributed by atoms with Gasteiger partial charge in [-0.1, -0.05) is 0 Å². The Labute approximate surface area is 96.1 Å². The van der Waals surface area contributed by atoms with E-state index in [0.717, 1.165) is 39.1 Å². The average Bonchev–Trinajstić information content (AvgIpc) is 2.39. The quantitative estimate of drug-likeness (QED) is 0.703. The number of aromatic nitrogens is 1. The summed E-state index contributed by atoms with van der Waals surface area (Å²) < 4.78 is 0. The average molecular weight is 218 g/mol. The van der Waals surface area contributed by atoms with E-state index in [2.05, 4.69) is 26.6 Å². The molecule has 2 aliphatic heterocycles. The van der Waals surface area contributed by atoms with E-state index in [1.165, 1.54) is 11.1 Å². The van der Waals surface area contributed by atoms with Crippen molar-refractivity contribution < 1.29 is 0 Å². The Morgan fingerprint density at radius 1 is 1.25 bits per heavy atom. The van der Waals surface area contributed by atoms with Crippen molar-refractivity contribution in [2.24, 2.45) is 0 Å². The topological polar surface area (TPSA) is 40.2 Å². The number of pyridine rings is 1. The van der Waals surface area contributed by atoms with Gasteiger partial charge < -0.3 is 5.32 Å².